The van der Waals surface area contributed by atoms with Gasteiger partial charge >= 0.3 is 0 Å². The molecule has 0 saturated heterocycles. The van der Waals surface area contributed by atoms with E-state index in [9.17, 15) is 10.2 Å². The average molecular weight is 328 g/mol. The molecule has 1 aliphatic rings. The molecule has 1 heterocycles. The van der Waals surface area contributed by atoms with Crippen LogP contribution in [0, 0.1) is 0 Å². The summed E-state index contributed by atoms with van der Waals surface area (Å²) < 4.78 is 12.3. The number of hydrogen-bond donors (Lipinski definition) is 3. The predicted octanol–water partition coefficient (Wildman–Crippen LogP) is 3.44. The first-order chi connectivity index (χ1) is 9.46. The molecule has 0 bridgehead atoms. The van der Waals surface area contributed by atoms with Gasteiger partial charge in [-0.3, -0.25) is 4.98 Å². The van der Waals surface area contributed by atoms with Gasteiger partial charge in [-0.25, -0.2) is 0 Å². The number of fused-ring (bicyclic) bond motifs is 1. The summed E-state index contributed by atoms with van der Waals surface area (Å²) in [5, 5.41) is 19.8. The number of aromatic hydroxyl groups is 2. The second-order valence-corrected chi connectivity index (χ2v) is 16.3. The van der Waals surface area contributed by atoms with Crippen LogP contribution in [0.25, 0.3) is 0 Å². The monoisotopic (exact) mass is 327 g/mol. The summed E-state index contributed by atoms with van der Waals surface area (Å²) in [5.74, 6) is 1.65. The van der Waals surface area contributed by atoms with E-state index in [1.54, 1.807) is 0 Å². The summed E-state index contributed by atoms with van der Waals surface area (Å²) >= 11 is 0. The fourth-order valence-corrected chi connectivity index (χ4v) is 4.22. The zero-order chi connectivity index (χ0) is 16.0. The molecule has 0 saturated carbocycles. The van der Waals surface area contributed by atoms with Crippen molar-refractivity contribution in [3.63, 3.8) is 0 Å². The Hall–Kier alpha value is -1.35. The van der Waals surface area contributed by atoms with E-state index in [0.29, 0.717) is 24.0 Å². The van der Waals surface area contributed by atoms with Crippen molar-refractivity contribution in [2.24, 2.45) is 0 Å². The lowest BCUT2D eigenvalue weighted by atomic mass is 9.98. The smallest absolute Gasteiger partial charge is 0.241 e. The summed E-state index contributed by atoms with van der Waals surface area (Å²) in [6, 6.07) is 0. The third-order valence-electron chi connectivity index (χ3n) is 3.02. The van der Waals surface area contributed by atoms with Gasteiger partial charge in [-0.1, -0.05) is 0 Å². The highest BCUT2D eigenvalue weighted by Crippen LogP contribution is 2.39. The van der Waals surface area contributed by atoms with Crippen molar-refractivity contribution in [1.82, 2.24) is 4.98 Å². The van der Waals surface area contributed by atoms with Gasteiger partial charge in [0.15, 0.2) is 11.8 Å². The van der Waals surface area contributed by atoms with Crippen LogP contribution in [0.1, 0.15) is 11.1 Å². The van der Waals surface area contributed by atoms with Crippen molar-refractivity contribution in [2.45, 2.75) is 52.1 Å². The zero-order valence-corrected chi connectivity index (χ0v) is 15.6. The SMILES string of the molecule is C[Si](C)(C)OC1=C(O[Si](C)(C)C)Cc2c(O)[nH]c(O)c2C1. The molecule has 1 aromatic heterocycles. The summed E-state index contributed by atoms with van der Waals surface area (Å²) in [6.07, 6.45) is 0.921. The molecule has 0 amide bonds. The van der Waals surface area contributed by atoms with Gasteiger partial charge in [0.25, 0.3) is 0 Å². The summed E-state index contributed by atoms with van der Waals surface area (Å²) in [6.45, 7) is 12.7. The summed E-state index contributed by atoms with van der Waals surface area (Å²) in [5.41, 5.74) is 1.42. The lowest BCUT2D eigenvalue weighted by Crippen LogP contribution is -2.31. The Kier molecular flexibility index (Phi) is 3.92. The zero-order valence-electron chi connectivity index (χ0n) is 13.6. The molecule has 0 unspecified atom stereocenters. The third kappa shape index (κ3) is 3.85. The highest BCUT2D eigenvalue weighted by atomic mass is 28.4. The van der Waals surface area contributed by atoms with Crippen LogP contribution in [0.15, 0.2) is 11.5 Å². The van der Waals surface area contributed by atoms with E-state index in [0.717, 1.165) is 11.5 Å². The lowest BCUT2D eigenvalue weighted by molar-refractivity contribution is 0.316. The minimum absolute atomic E-state index is 0.0197. The Morgan fingerprint density at radius 1 is 0.762 bits per heavy atom. The van der Waals surface area contributed by atoms with Gasteiger partial charge in [0.2, 0.25) is 16.6 Å². The van der Waals surface area contributed by atoms with Crippen LogP contribution >= 0.6 is 0 Å². The second kappa shape index (κ2) is 5.13. The number of aromatic nitrogens is 1. The van der Waals surface area contributed by atoms with E-state index < -0.39 is 16.6 Å². The molecule has 1 aliphatic carbocycles. The molecule has 5 nitrogen and oxygen atoms in total. The van der Waals surface area contributed by atoms with Crippen LogP contribution in [0.3, 0.4) is 0 Å². The van der Waals surface area contributed by atoms with Crippen molar-refractivity contribution in [3.05, 3.63) is 22.6 Å². The van der Waals surface area contributed by atoms with Gasteiger partial charge in [0, 0.05) is 24.0 Å². The molecule has 2 rings (SSSR count). The molecular formula is C14H25NO4Si2. The Bertz CT molecular complexity index is 531. The van der Waals surface area contributed by atoms with Crippen molar-refractivity contribution in [1.29, 1.82) is 0 Å². The molecule has 0 aliphatic heterocycles. The van der Waals surface area contributed by atoms with Crippen LogP contribution in [0.2, 0.25) is 39.3 Å². The van der Waals surface area contributed by atoms with E-state index in [1.165, 1.54) is 0 Å². The first-order valence-electron chi connectivity index (χ1n) is 7.18. The molecule has 7 heteroatoms. The van der Waals surface area contributed by atoms with E-state index in [4.69, 9.17) is 8.85 Å². The number of hydrogen-bond acceptors (Lipinski definition) is 4. The van der Waals surface area contributed by atoms with Gasteiger partial charge in [-0.15, -0.1) is 0 Å². The van der Waals surface area contributed by atoms with E-state index in [-0.39, 0.29) is 11.8 Å². The van der Waals surface area contributed by atoms with Gasteiger partial charge in [0.05, 0.1) is 0 Å². The molecule has 118 valence electrons. The maximum Gasteiger partial charge on any atom is 0.241 e. The number of H-pyrrole nitrogens is 1. The predicted molar refractivity (Wildman–Crippen MR) is 87.4 cm³/mol. The number of allylic oxidation sites excluding steroid dienone is 2. The Morgan fingerprint density at radius 3 is 1.38 bits per heavy atom. The molecular weight excluding hydrogens is 302 g/mol. The largest absolute Gasteiger partial charge is 0.545 e. The van der Waals surface area contributed by atoms with Crippen molar-refractivity contribution >= 4 is 16.6 Å². The van der Waals surface area contributed by atoms with Crippen LogP contribution in [-0.4, -0.2) is 31.8 Å². The Morgan fingerprint density at radius 2 is 1.10 bits per heavy atom. The minimum atomic E-state index is -1.77. The fraction of sp³-hybridized carbons (Fsp3) is 0.571. The highest BCUT2D eigenvalue weighted by molar-refractivity contribution is 6.70. The molecule has 0 aromatic carbocycles. The first-order valence-corrected chi connectivity index (χ1v) is 14.0. The van der Waals surface area contributed by atoms with Gasteiger partial charge in [-0.05, 0) is 39.3 Å². The van der Waals surface area contributed by atoms with Crippen molar-refractivity contribution < 1.29 is 19.1 Å². The van der Waals surface area contributed by atoms with Crippen LogP contribution in [-0.2, 0) is 21.7 Å². The topological polar surface area (TPSA) is 74.7 Å². The fourth-order valence-electron chi connectivity index (χ4n) is 2.37. The average Bonchev–Trinajstić information content (AvgIpc) is 2.51. The third-order valence-corrected chi connectivity index (χ3v) is 4.73. The number of nitrogens with one attached hydrogen (secondary N) is 1. The first kappa shape index (κ1) is 16.0. The minimum Gasteiger partial charge on any atom is -0.545 e. The van der Waals surface area contributed by atoms with Crippen LogP contribution in [0.5, 0.6) is 11.8 Å². The Labute approximate surface area is 127 Å². The summed E-state index contributed by atoms with van der Waals surface area (Å²) in [4.78, 5) is 2.58. The molecule has 1 aromatic rings. The maximum atomic E-state index is 9.90. The second-order valence-electron chi connectivity index (χ2n) is 7.41. The molecule has 0 radical (unpaired) electrons. The molecule has 0 spiro atoms. The highest BCUT2D eigenvalue weighted by Gasteiger charge is 2.32. The maximum absolute atomic E-state index is 9.90. The molecule has 21 heavy (non-hydrogen) atoms. The van der Waals surface area contributed by atoms with Gasteiger partial charge in [-0.2, -0.15) is 0 Å². The molecule has 3 N–H and O–H groups in total. The standard InChI is InChI=1S/C14H25NO4Si2/c1-20(2,3)18-11-7-9-10(14(17)15-13(9)16)8-12(11)19-21(4,5)6/h15-17H,7-8H2,1-6H3. The lowest BCUT2D eigenvalue weighted by Gasteiger charge is -2.31. The van der Waals surface area contributed by atoms with Gasteiger partial charge < -0.3 is 19.1 Å². The van der Waals surface area contributed by atoms with Crippen molar-refractivity contribution in [3.8, 4) is 11.8 Å². The van der Waals surface area contributed by atoms with Gasteiger partial charge in [0.1, 0.15) is 11.5 Å². The normalized spacial score (nSPS) is 15.9. The van der Waals surface area contributed by atoms with Crippen LogP contribution < -0.4 is 0 Å². The Balaban J connectivity index is 2.39. The molecule has 0 fully saturated rings. The number of aromatic amines is 1. The summed E-state index contributed by atoms with van der Waals surface area (Å²) in [7, 11) is -3.54. The van der Waals surface area contributed by atoms with E-state index in [1.807, 2.05) is 0 Å². The van der Waals surface area contributed by atoms with E-state index >= 15 is 0 Å². The quantitative estimate of drug-likeness (QED) is 0.741. The van der Waals surface area contributed by atoms with Crippen molar-refractivity contribution in [2.75, 3.05) is 0 Å². The van der Waals surface area contributed by atoms with Crippen LogP contribution in [0.4, 0.5) is 0 Å². The molecule has 0 atom stereocenters. The van der Waals surface area contributed by atoms with E-state index in [2.05, 4.69) is 44.3 Å². The number of rotatable bonds is 4.